The van der Waals surface area contributed by atoms with E-state index in [-0.39, 0.29) is 17.5 Å². The number of benzene rings is 2. The van der Waals surface area contributed by atoms with Gasteiger partial charge in [-0.25, -0.2) is 4.79 Å². The second-order valence-corrected chi connectivity index (χ2v) is 5.95. The second-order valence-electron chi connectivity index (χ2n) is 5.51. The number of anilines is 1. The molecule has 0 radical (unpaired) electrons. The molecule has 2 aromatic carbocycles. The van der Waals surface area contributed by atoms with E-state index < -0.39 is 12.6 Å². The van der Waals surface area contributed by atoms with E-state index in [1.165, 1.54) is 30.2 Å². The largest absolute Gasteiger partial charge is 0.493 e. The number of ether oxygens (including phenoxy) is 2. The zero-order valence-corrected chi connectivity index (χ0v) is 15.3. The average molecular weight is 385 g/mol. The molecule has 0 saturated carbocycles. The van der Waals surface area contributed by atoms with Gasteiger partial charge < -0.3 is 19.7 Å². The van der Waals surface area contributed by atoms with Crippen LogP contribution in [-0.4, -0.2) is 31.7 Å². The third-order valence-electron chi connectivity index (χ3n) is 3.88. The summed E-state index contributed by atoms with van der Waals surface area (Å²) < 4.78 is 34.4. The van der Waals surface area contributed by atoms with Crippen LogP contribution in [0.3, 0.4) is 0 Å². The summed E-state index contributed by atoms with van der Waals surface area (Å²) in [6, 6.07) is 10.8. The highest BCUT2D eigenvalue weighted by atomic mass is 35.5. The van der Waals surface area contributed by atoms with Gasteiger partial charge >= 0.3 is 12.6 Å². The summed E-state index contributed by atoms with van der Waals surface area (Å²) in [4.78, 5) is 13.9. The Kier molecular flexibility index (Phi) is 6.63. The molecular weight excluding hydrogens is 366 g/mol. The van der Waals surface area contributed by atoms with Crippen LogP contribution in [0.15, 0.2) is 42.5 Å². The maximum Gasteiger partial charge on any atom is 0.387 e. The summed E-state index contributed by atoms with van der Waals surface area (Å²) in [5.74, 6) is -0.0140. The van der Waals surface area contributed by atoms with Gasteiger partial charge in [0, 0.05) is 23.8 Å². The fourth-order valence-electron chi connectivity index (χ4n) is 2.29. The number of nitrogens with one attached hydrogen (secondary N) is 1. The van der Waals surface area contributed by atoms with Gasteiger partial charge in [-0.3, -0.25) is 0 Å². The monoisotopic (exact) mass is 384 g/mol. The molecule has 8 heteroatoms. The molecule has 26 heavy (non-hydrogen) atoms. The number of alkyl halides is 2. The Hall–Kier alpha value is -2.54. The summed E-state index contributed by atoms with van der Waals surface area (Å²) in [5, 5.41) is 3.26. The standard InChI is InChI=1S/C18H19ClF2N2O3/c1-11(12-4-6-13(19)7-5-12)23(2)18(24)22-14-8-9-15(25-3)16(10-14)26-17(20)21/h4-11,17H,1-3H3,(H,22,24). The maximum absolute atomic E-state index is 12.5. The van der Waals surface area contributed by atoms with Crippen molar-refractivity contribution in [3.05, 3.63) is 53.1 Å². The van der Waals surface area contributed by atoms with Crippen molar-refractivity contribution in [2.24, 2.45) is 0 Å². The van der Waals surface area contributed by atoms with Crippen LogP contribution in [0.4, 0.5) is 19.3 Å². The minimum Gasteiger partial charge on any atom is -0.493 e. The van der Waals surface area contributed by atoms with Gasteiger partial charge in [0.05, 0.1) is 13.2 Å². The Morgan fingerprint density at radius 3 is 2.38 bits per heavy atom. The van der Waals surface area contributed by atoms with E-state index in [1.807, 2.05) is 19.1 Å². The molecule has 0 saturated heterocycles. The van der Waals surface area contributed by atoms with Gasteiger partial charge in [-0.1, -0.05) is 23.7 Å². The van der Waals surface area contributed by atoms with Crippen molar-refractivity contribution in [3.63, 3.8) is 0 Å². The number of halogens is 3. The molecule has 0 fully saturated rings. The normalized spacial score (nSPS) is 11.8. The molecule has 2 rings (SSSR count). The van der Waals surface area contributed by atoms with Gasteiger partial charge in [-0.05, 0) is 36.8 Å². The fourth-order valence-corrected chi connectivity index (χ4v) is 2.42. The summed E-state index contributed by atoms with van der Waals surface area (Å²) in [7, 11) is 2.97. The van der Waals surface area contributed by atoms with Gasteiger partial charge in [0.25, 0.3) is 0 Å². The highest BCUT2D eigenvalue weighted by Gasteiger charge is 2.18. The predicted octanol–water partition coefficient (Wildman–Crippen LogP) is 5.17. The van der Waals surface area contributed by atoms with E-state index in [9.17, 15) is 13.6 Å². The number of hydrogen-bond acceptors (Lipinski definition) is 3. The SMILES string of the molecule is COc1ccc(NC(=O)N(C)C(C)c2ccc(Cl)cc2)cc1OC(F)F. The Labute approximate surface area is 155 Å². The van der Waals surface area contributed by atoms with E-state index >= 15 is 0 Å². The maximum atomic E-state index is 12.5. The number of nitrogens with zero attached hydrogens (tertiary/aromatic N) is 1. The van der Waals surface area contributed by atoms with Crippen LogP contribution in [0.2, 0.25) is 5.02 Å². The van der Waals surface area contributed by atoms with Gasteiger partial charge in [-0.2, -0.15) is 8.78 Å². The smallest absolute Gasteiger partial charge is 0.387 e. The molecule has 1 atom stereocenters. The Morgan fingerprint density at radius 1 is 1.15 bits per heavy atom. The molecule has 0 heterocycles. The van der Waals surface area contributed by atoms with E-state index in [1.54, 1.807) is 19.2 Å². The van der Waals surface area contributed by atoms with E-state index in [0.29, 0.717) is 10.7 Å². The topological polar surface area (TPSA) is 50.8 Å². The molecule has 1 unspecified atom stereocenters. The molecule has 5 nitrogen and oxygen atoms in total. The lowest BCUT2D eigenvalue weighted by atomic mass is 10.1. The first-order valence-electron chi connectivity index (χ1n) is 7.74. The van der Waals surface area contributed by atoms with Gasteiger partial charge in [0.15, 0.2) is 11.5 Å². The minimum absolute atomic E-state index is 0.145. The van der Waals surface area contributed by atoms with Crippen LogP contribution in [0.5, 0.6) is 11.5 Å². The van der Waals surface area contributed by atoms with Gasteiger partial charge in [0.2, 0.25) is 0 Å². The van der Waals surface area contributed by atoms with E-state index in [2.05, 4.69) is 10.1 Å². The molecule has 0 aliphatic carbocycles. The molecule has 140 valence electrons. The van der Waals surface area contributed by atoms with Crippen molar-refractivity contribution < 1.29 is 23.0 Å². The first-order valence-corrected chi connectivity index (χ1v) is 8.11. The second kappa shape index (κ2) is 8.71. The van der Waals surface area contributed by atoms with Crippen LogP contribution in [-0.2, 0) is 0 Å². The molecule has 0 aromatic heterocycles. The Morgan fingerprint density at radius 2 is 1.81 bits per heavy atom. The molecular formula is C18H19ClF2N2O3. The Balaban J connectivity index is 2.11. The Bertz CT molecular complexity index is 757. The highest BCUT2D eigenvalue weighted by molar-refractivity contribution is 6.30. The van der Waals surface area contributed by atoms with Crippen LogP contribution < -0.4 is 14.8 Å². The van der Waals surface area contributed by atoms with Gasteiger partial charge in [0.1, 0.15) is 0 Å². The number of carbonyl (C=O) groups is 1. The van der Waals surface area contributed by atoms with Crippen LogP contribution in [0, 0.1) is 0 Å². The molecule has 0 bridgehead atoms. The predicted molar refractivity (Wildman–Crippen MR) is 96.3 cm³/mol. The summed E-state index contributed by atoms with van der Waals surface area (Å²) in [6.07, 6.45) is 0. The van der Waals surface area contributed by atoms with E-state index in [4.69, 9.17) is 16.3 Å². The number of hydrogen-bond donors (Lipinski definition) is 1. The number of amides is 2. The van der Waals surface area contributed by atoms with Crippen molar-refractivity contribution >= 4 is 23.3 Å². The first kappa shape index (κ1) is 19.8. The number of carbonyl (C=O) groups excluding carboxylic acids is 1. The summed E-state index contributed by atoms with van der Waals surface area (Å²) in [5.41, 5.74) is 1.21. The first-order chi connectivity index (χ1) is 12.3. The van der Waals surface area contributed by atoms with Crippen molar-refractivity contribution in [2.45, 2.75) is 19.6 Å². The lowest BCUT2D eigenvalue weighted by Crippen LogP contribution is -2.33. The molecule has 0 aliphatic rings. The minimum atomic E-state index is -3.00. The lowest BCUT2D eigenvalue weighted by Gasteiger charge is -2.26. The molecule has 2 aromatic rings. The zero-order chi connectivity index (χ0) is 19.3. The zero-order valence-electron chi connectivity index (χ0n) is 14.5. The van der Waals surface area contributed by atoms with Crippen LogP contribution in [0.25, 0.3) is 0 Å². The molecule has 2 amide bonds. The van der Waals surface area contributed by atoms with Crippen LogP contribution in [0.1, 0.15) is 18.5 Å². The lowest BCUT2D eigenvalue weighted by molar-refractivity contribution is -0.0511. The summed E-state index contributed by atoms with van der Waals surface area (Å²) in [6.45, 7) is -1.13. The van der Waals surface area contributed by atoms with E-state index in [0.717, 1.165) is 5.56 Å². The fraction of sp³-hybridized carbons (Fsp3) is 0.278. The van der Waals surface area contributed by atoms with Gasteiger partial charge in [-0.15, -0.1) is 0 Å². The molecule has 0 aliphatic heterocycles. The molecule has 0 spiro atoms. The summed E-state index contributed by atoms with van der Waals surface area (Å²) >= 11 is 5.87. The quantitative estimate of drug-likeness (QED) is 0.747. The van der Waals surface area contributed by atoms with Crippen molar-refractivity contribution in [2.75, 3.05) is 19.5 Å². The van der Waals surface area contributed by atoms with Crippen molar-refractivity contribution in [1.29, 1.82) is 0 Å². The number of urea groups is 1. The average Bonchev–Trinajstić information content (AvgIpc) is 2.61. The highest BCUT2D eigenvalue weighted by Crippen LogP contribution is 2.32. The number of rotatable bonds is 6. The van der Waals surface area contributed by atoms with Crippen LogP contribution >= 0.6 is 11.6 Å². The van der Waals surface area contributed by atoms with Crippen molar-refractivity contribution in [1.82, 2.24) is 4.90 Å². The molecule has 1 N–H and O–H groups in total. The third-order valence-corrected chi connectivity index (χ3v) is 4.14. The third kappa shape index (κ3) is 4.98. The van der Waals surface area contributed by atoms with Crippen molar-refractivity contribution in [3.8, 4) is 11.5 Å². The number of methoxy groups -OCH3 is 1.